The van der Waals surface area contributed by atoms with Crippen molar-refractivity contribution in [2.75, 3.05) is 0 Å². The van der Waals surface area contributed by atoms with E-state index < -0.39 is 23.7 Å². The van der Waals surface area contributed by atoms with Crippen LogP contribution in [-0.4, -0.2) is 26.6 Å². The molecule has 0 N–H and O–H groups in total. The Labute approximate surface area is 134 Å². The molecule has 0 atom stereocenters. The summed E-state index contributed by atoms with van der Waals surface area (Å²) in [7, 11) is -7.23. The molecule has 0 aliphatic heterocycles. The van der Waals surface area contributed by atoms with Crippen LogP contribution in [0.15, 0.2) is 30.3 Å². The Kier molecular flexibility index (Phi) is 7.94. The molecule has 0 heterocycles. The van der Waals surface area contributed by atoms with Crippen molar-refractivity contribution in [2.24, 2.45) is 0 Å². The van der Waals surface area contributed by atoms with Gasteiger partial charge in [0.25, 0.3) is 0 Å². The van der Waals surface area contributed by atoms with Crippen molar-refractivity contribution in [3.63, 3.8) is 0 Å². The number of hydrogen-bond donors (Lipinski definition) is 0. The van der Waals surface area contributed by atoms with Gasteiger partial charge in [-0.2, -0.15) is 13.2 Å². The molecule has 0 radical (unpaired) electrons. The molecule has 0 bridgehead atoms. The summed E-state index contributed by atoms with van der Waals surface area (Å²) in [5.74, 6) is 0. The van der Waals surface area contributed by atoms with Crippen molar-refractivity contribution in [3.05, 3.63) is 33.9 Å². The number of halogens is 4. The molecule has 1 rings (SSSR count). The van der Waals surface area contributed by atoms with E-state index in [4.69, 9.17) is 13.0 Å². The van der Waals surface area contributed by atoms with Gasteiger partial charge in [0.2, 0.25) is 3.57 Å². The van der Waals surface area contributed by atoms with Crippen molar-refractivity contribution in [1.29, 1.82) is 0 Å². The second-order valence-corrected chi connectivity index (χ2v) is 13.2. The first-order chi connectivity index (χ1) is 9.33. The minimum Gasteiger partial charge on any atom is -0.741 e. The van der Waals surface area contributed by atoms with Crippen LogP contribution in [0.5, 0.6) is 0 Å². The molecule has 0 saturated carbocycles. The molecule has 21 heavy (non-hydrogen) atoms. The standard InChI is InChI=1S/C11H14ISi.CHF3O3S/c1-13(2,3)10-9-12-11-7-5-4-6-8-11;2-1(3,4)8(5,6)7/h4-8H,1-3H3;(H,5,6,7)/q+1;/p-1. The van der Waals surface area contributed by atoms with E-state index in [-0.39, 0.29) is 21.2 Å². The van der Waals surface area contributed by atoms with Crippen LogP contribution in [0.4, 0.5) is 13.2 Å². The van der Waals surface area contributed by atoms with Gasteiger partial charge in [-0.25, -0.2) is 8.42 Å². The smallest absolute Gasteiger partial charge is 0.485 e. The van der Waals surface area contributed by atoms with Gasteiger partial charge in [-0.3, -0.25) is 0 Å². The zero-order chi connectivity index (χ0) is 16.7. The van der Waals surface area contributed by atoms with Crippen LogP contribution in [0.25, 0.3) is 0 Å². The lowest BCUT2D eigenvalue weighted by atomic mass is 10.4. The van der Waals surface area contributed by atoms with Crippen LogP contribution >= 0.6 is 0 Å². The summed E-state index contributed by atoms with van der Waals surface area (Å²) in [6, 6.07) is 10.6. The number of rotatable bonds is 1. The van der Waals surface area contributed by atoms with Crippen LogP contribution < -0.4 is 21.2 Å². The highest BCUT2D eigenvalue weighted by atomic mass is 127. The van der Waals surface area contributed by atoms with Gasteiger partial charge >= 0.3 is 26.7 Å². The Balaban J connectivity index is 0.000000433. The summed E-state index contributed by atoms with van der Waals surface area (Å²) in [6.45, 7) is 6.86. The van der Waals surface area contributed by atoms with Crippen LogP contribution in [-0.2, 0) is 10.1 Å². The molecule has 0 saturated heterocycles. The topological polar surface area (TPSA) is 57.2 Å². The lowest BCUT2D eigenvalue weighted by Crippen LogP contribution is -3.59. The molecule has 1 aromatic carbocycles. The third-order valence-corrected chi connectivity index (χ3v) is 5.43. The fraction of sp³-hybridized carbons (Fsp3) is 0.333. The van der Waals surface area contributed by atoms with Crippen molar-refractivity contribution in [2.45, 2.75) is 25.1 Å². The summed E-state index contributed by atoms with van der Waals surface area (Å²) >= 11 is -0.0656. The maximum Gasteiger partial charge on any atom is 0.485 e. The molecular formula is C12H14F3IO3SSi. The average Bonchev–Trinajstić information content (AvgIpc) is 2.26. The summed E-state index contributed by atoms with van der Waals surface area (Å²) in [5, 5.41) is 0. The predicted molar refractivity (Wildman–Crippen MR) is 72.0 cm³/mol. The Morgan fingerprint density at radius 3 is 1.90 bits per heavy atom. The van der Waals surface area contributed by atoms with Crippen LogP contribution in [0.2, 0.25) is 19.6 Å². The van der Waals surface area contributed by atoms with Crippen molar-refractivity contribution in [3.8, 4) is 9.47 Å². The Bertz CT molecular complexity index is 599. The lowest BCUT2D eigenvalue weighted by Gasteiger charge is -2.08. The normalized spacial score (nSPS) is 11.8. The predicted octanol–water partition coefficient (Wildman–Crippen LogP) is -0.165. The molecule has 0 amide bonds. The minimum absolute atomic E-state index is 0.0656. The summed E-state index contributed by atoms with van der Waals surface area (Å²) in [5.41, 5.74) is -2.24. The SMILES string of the molecule is C[Si](C)(C)C#C[I+]c1ccccc1.O=S(=O)([O-])C(F)(F)F. The third-order valence-electron chi connectivity index (χ3n) is 1.60. The van der Waals surface area contributed by atoms with E-state index >= 15 is 0 Å². The first-order valence-electron chi connectivity index (χ1n) is 5.56. The van der Waals surface area contributed by atoms with E-state index in [1.54, 1.807) is 0 Å². The quantitative estimate of drug-likeness (QED) is 0.197. The molecular weight excluding hydrogens is 436 g/mol. The highest BCUT2D eigenvalue weighted by molar-refractivity contribution is 7.86. The lowest BCUT2D eigenvalue weighted by molar-refractivity contribution is -0.535. The number of alkyl halides is 3. The van der Waals surface area contributed by atoms with E-state index in [2.05, 4.69) is 59.4 Å². The third kappa shape index (κ3) is 10.8. The molecule has 118 valence electrons. The monoisotopic (exact) mass is 450 g/mol. The maximum atomic E-state index is 10.7. The molecule has 1 aromatic rings. The summed E-state index contributed by atoms with van der Waals surface area (Å²) < 4.78 is 63.7. The molecule has 0 aliphatic carbocycles. The van der Waals surface area contributed by atoms with Gasteiger partial charge in [-0.1, -0.05) is 43.4 Å². The Morgan fingerprint density at radius 2 is 1.57 bits per heavy atom. The first-order valence-corrected chi connectivity index (χ1v) is 12.6. The highest BCUT2D eigenvalue weighted by Gasteiger charge is 2.36. The molecule has 0 fully saturated rings. The van der Waals surface area contributed by atoms with Gasteiger partial charge in [0, 0.05) is 0 Å². The van der Waals surface area contributed by atoms with Crippen LogP contribution in [0.3, 0.4) is 0 Å². The molecule has 0 unspecified atom stereocenters. The van der Waals surface area contributed by atoms with Crippen LogP contribution in [0, 0.1) is 13.0 Å². The Hall–Kier alpha value is -0.573. The molecule has 0 spiro atoms. The number of benzene rings is 1. The van der Waals surface area contributed by atoms with Gasteiger partial charge < -0.3 is 4.55 Å². The Morgan fingerprint density at radius 1 is 1.14 bits per heavy atom. The molecule has 0 aromatic heterocycles. The molecule has 0 aliphatic rings. The average molecular weight is 450 g/mol. The first kappa shape index (κ1) is 20.4. The van der Waals surface area contributed by atoms with Gasteiger partial charge in [0.05, 0.1) is 0 Å². The second kappa shape index (κ2) is 8.16. The zero-order valence-corrected chi connectivity index (χ0v) is 15.5. The van der Waals surface area contributed by atoms with Gasteiger partial charge in [-0.15, -0.1) is 0 Å². The van der Waals surface area contributed by atoms with E-state index in [0.29, 0.717) is 0 Å². The van der Waals surface area contributed by atoms with E-state index in [1.807, 2.05) is 0 Å². The zero-order valence-electron chi connectivity index (χ0n) is 11.5. The van der Waals surface area contributed by atoms with E-state index in [9.17, 15) is 13.2 Å². The minimum atomic E-state index is -6.09. The summed E-state index contributed by atoms with van der Waals surface area (Å²) in [6.07, 6.45) is 0. The largest absolute Gasteiger partial charge is 0.741 e. The molecule has 3 nitrogen and oxygen atoms in total. The van der Waals surface area contributed by atoms with E-state index in [0.717, 1.165) is 0 Å². The number of hydrogen-bond acceptors (Lipinski definition) is 3. The van der Waals surface area contributed by atoms with Crippen molar-refractivity contribution in [1.82, 2.24) is 0 Å². The van der Waals surface area contributed by atoms with Crippen LogP contribution in [0.1, 0.15) is 0 Å². The van der Waals surface area contributed by atoms with Crippen molar-refractivity contribution < 1.29 is 47.3 Å². The fourth-order valence-corrected chi connectivity index (χ4v) is 4.95. The van der Waals surface area contributed by atoms with Gasteiger partial charge in [0.1, 0.15) is 8.07 Å². The van der Waals surface area contributed by atoms with E-state index in [1.165, 1.54) is 3.57 Å². The van der Waals surface area contributed by atoms with Gasteiger partial charge in [0.15, 0.2) is 14.0 Å². The fourth-order valence-electron chi connectivity index (χ4n) is 0.698. The summed E-state index contributed by atoms with van der Waals surface area (Å²) in [4.78, 5) is 0. The molecule has 9 heteroatoms. The highest BCUT2D eigenvalue weighted by Crippen LogP contribution is 2.20. The van der Waals surface area contributed by atoms with Crippen molar-refractivity contribution >= 4 is 18.2 Å². The van der Waals surface area contributed by atoms with Gasteiger partial charge in [-0.05, 0) is 12.1 Å². The maximum absolute atomic E-state index is 10.7. The second-order valence-electron chi connectivity index (χ2n) is 4.76.